The van der Waals surface area contributed by atoms with Crippen molar-refractivity contribution in [1.29, 1.82) is 0 Å². The van der Waals surface area contributed by atoms with Crippen LogP contribution in [0.1, 0.15) is 26.5 Å². The van der Waals surface area contributed by atoms with Crippen LogP contribution in [-0.2, 0) is 6.61 Å². The highest BCUT2D eigenvalue weighted by Crippen LogP contribution is 2.17. The third-order valence-electron chi connectivity index (χ3n) is 2.56. The fourth-order valence-electron chi connectivity index (χ4n) is 1.56. The Kier molecular flexibility index (Phi) is 4.13. The summed E-state index contributed by atoms with van der Waals surface area (Å²) in [7, 11) is 0. The van der Waals surface area contributed by atoms with Crippen LogP contribution in [0.25, 0.3) is 0 Å². The van der Waals surface area contributed by atoms with Gasteiger partial charge in [-0.05, 0) is 17.7 Å². The first kappa shape index (κ1) is 14.4. The summed E-state index contributed by atoms with van der Waals surface area (Å²) in [6, 6.07) is 7.78. The van der Waals surface area contributed by atoms with E-state index < -0.39 is 23.3 Å². The second kappa shape index (κ2) is 6.00. The number of aromatic carboxylic acids is 2. The van der Waals surface area contributed by atoms with Gasteiger partial charge in [-0.15, -0.1) is 0 Å². The molecule has 0 bridgehead atoms. The summed E-state index contributed by atoms with van der Waals surface area (Å²) in [5.41, 5.74) is -0.199. The molecular formula is C14H10FNO5. The maximum absolute atomic E-state index is 12.8. The number of halogens is 1. The Morgan fingerprint density at radius 1 is 1.05 bits per heavy atom. The lowest BCUT2D eigenvalue weighted by atomic mass is 10.2. The van der Waals surface area contributed by atoms with E-state index in [4.69, 9.17) is 14.9 Å². The van der Waals surface area contributed by atoms with Crippen molar-refractivity contribution < 1.29 is 28.9 Å². The normalized spacial score (nSPS) is 10.1. The molecule has 6 nitrogen and oxygen atoms in total. The first-order valence-electron chi connectivity index (χ1n) is 5.81. The van der Waals surface area contributed by atoms with Gasteiger partial charge in [0.05, 0.1) is 0 Å². The monoisotopic (exact) mass is 291 g/mol. The third kappa shape index (κ3) is 3.75. The molecule has 0 radical (unpaired) electrons. The Morgan fingerprint density at radius 3 is 2.05 bits per heavy atom. The van der Waals surface area contributed by atoms with Crippen molar-refractivity contribution >= 4 is 11.9 Å². The predicted molar refractivity (Wildman–Crippen MR) is 68.9 cm³/mol. The number of carboxylic acid groups (broad SMARTS) is 2. The van der Waals surface area contributed by atoms with E-state index in [9.17, 15) is 14.0 Å². The summed E-state index contributed by atoms with van der Waals surface area (Å²) >= 11 is 0. The molecule has 2 aromatic rings. The van der Waals surface area contributed by atoms with Crippen LogP contribution < -0.4 is 4.74 Å². The molecule has 0 spiro atoms. The molecule has 0 amide bonds. The number of carboxylic acids is 2. The topological polar surface area (TPSA) is 96.7 Å². The van der Waals surface area contributed by atoms with Crippen LogP contribution in [0.5, 0.6) is 5.75 Å². The number of benzene rings is 1. The first-order chi connectivity index (χ1) is 9.95. The maximum atomic E-state index is 12.8. The van der Waals surface area contributed by atoms with Crippen LogP contribution in [0.15, 0.2) is 36.4 Å². The van der Waals surface area contributed by atoms with Crippen molar-refractivity contribution in [3.63, 3.8) is 0 Å². The summed E-state index contributed by atoms with van der Waals surface area (Å²) < 4.78 is 18.1. The zero-order valence-electron chi connectivity index (χ0n) is 10.6. The third-order valence-corrected chi connectivity index (χ3v) is 2.56. The first-order valence-corrected chi connectivity index (χ1v) is 5.81. The molecule has 1 aromatic carbocycles. The smallest absolute Gasteiger partial charge is 0.354 e. The van der Waals surface area contributed by atoms with Crippen LogP contribution in [0, 0.1) is 5.82 Å². The van der Waals surface area contributed by atoms with Gasteiger partial charge in [0.25, 0.3) is 0 Å². The predicted octanol–water partition coefficient (Wildman–Crippen LogP) is 2.20. The molecule has 0 atom stereocenters. The fourth-order valence-corrected chi connectivity index (χ4v) is 1.56. The number of hydrogen-bond donors (Lipinski definition) is 2. The van der Waals surface area contributed by atoms with Gasteiger partial charge in [0.1, 0.15) is 18.2 Å². The van der Waals surface area contributed by atoms with Crippen LogP contribution in [-0.4, -0.2) is 27.1 Å². The van der Waals surface area contributed by atoms with E-state index in [2.05, 4.69) is 4.98 Å². The van der Waals surface area contributed by atoms with Gasteiger partial charge in [0, 0.05) is 12.1 Å². The second-order valence-electron chi connectivity index (χ2n) is 4.10. The lowest BCUT2D eigenvalue weighted by Crippen LogP contribution is -2.08. The molecule has 7 heteroatoms. The number of pyridine rings is 1. The Labute approximate surface area is 118 Å². The number of rotatable bonds is 5. The zero-order valence-corrected chi connectivity index (χ0v) is 10.6. The Bertz CT molecular complexity index is 652. The molecule has 0 aliphatic carbocycles. The summed E-state index contributed by atoms with van der Waals surface area (Å²) in [6.07, 6.45) is 0. The molecule has 0 aliphatic rings. The van der Waals surface area contributed by atoms with Gasteiger partial charge in [0.2, 0.25) is 0 Å². The minimum atomic E-state index is -1.36. The zero-order chi connectivity index (χ0) is 15.4. The Morgan fingerprint density at radius 2 is 1.57 bits per heavy atom. The fraction of sp³-hybridized carbons (Fsp3) is 0.0714. The second-order valence-corrected chi connectivity index (χ2v) is 4.10. The van der Waals surface area contributed by atoms with Crippen LogP contribution >= 0.6 is 0 Å². The summed E-state index contributed by atoms with van der Waals surface area (Å²) in [5, 5.41) is 17.8. The number of ether oxygens (including phenoxy) is 1. The highest BCUT2D eigenvalue weighted by atomic mass is 19.1. The molecule has 1 heterocycles. The molecular weight excluding hydrogens is 281 g/mol. The van der Waals surface area contributed by atoms with E-state index in [0.29, 0.717) is 5.56 Å². The molecule has 0 fully saturated rings. The molecule has 2 rings (SSSR count). The summed E-state index contributed by atoms with van der Waals surface area (Å²) in [5.74, 6) is -3.04. The van der Waals surface area contributed by atoms with Gasteiger partial charge >= 0.3 is 11.9 Å². The van der Waals surface area contributed by atoms with E-state index in [1.807, 2.05) is 0 Å². The number of nitrogens with zero attached hydrogens (tertiary/aromatic N) is 1. The van der Waals surface area contributed by atoms with E-state index in [1.165, 1.54) is 24.3 Å². The maximum Gasteiger partial charge on any atom is 0.354 e. The number of hydrogen-bond acceptors (Lipinski definition) is 4. The molecule has 0 aliphatic heterocycles. The summed E-state index contributed by atoms with van der Waals surface area (Å²) in [6.45, 7) is 0.0441. The van der Waals surface area contributed by atoms with Crippen LogP contribution in [0.4, 0.5) is 4.39 Å². The van der Waals surface area contributed by atoms with E-state index in [0.717, 1.165) is 12.1 Å². The highest BCUT2D eigenvalue weighted by molar-refractivity contribution is 5.90. The molecule has 0 unspecified atom stereocenters. The van der Waals surface area contributed by atoms with E-state index in [-0.39, 0.29) is 18.2 Å². The lowest BCUT2D eigenvalue weighted by molar-refractivity contribution is 0.0683. The van der Waals surface area contributed by atoms with Gasteiger partial charge in [-0.25, -0.2) is 19.0 Å². The largest absolute Gasteiger partial charge is 0.489 e. The van der Waals surface area contributed by atoms with Gasteiger partial charge in [-0.1, -0.05) is 12.1 Å². The standard InChI is InChI=1S/C14H10FNO5/c15-9-3-1-8(2-4-9)7-21-10-5-11(13(17)18)16-12(6-10)14(19)20/h1-6H,7H2,(H,17,18)(H,19,20). The molecule has 21 heavy (non-hydrogen) atoms. The molecule has 108 valence electrons. The van der Waals surface area contributed by atoms with E-state index >= 15 is 0 Å². The van der Waals surface area contributed by atoms with Crippen molar-refractivity contribution in [2.45, 2.75) is 6.61 Å². The van der Waals surface area contributed by atoms with Gasteiger partial charge < -0.3 is 14.9 Å². The Hall–Kier alpha value is -2.96. The minimum Gasteiger partial charge on any atom is -0.489 e. The molecule has 0 saturated heterocycles. The molecule has 2 N–H and O–H groups in total. The average Bonchev–Trinajstić information content (AvgIpc) is 2.46. The van der Waals surface area contributed by atoms with Gasteiger partial charge in [0.15, 0.2) is 11.4 Å². The van der Waals surface area contributed by atoms with Crippen LogP contribution in [0.3, 0.4) is 0 Å². The van der Waals surface area contributed by atoms with Gasteiger partial charge in [-0.2, -0.15) is 0 Å². The molecule has 0 saturated carbocycles. The van der Waals surface area contributed by atoms with E-state index in [1.54, 1.807) is 0 Å². The lowest BCUT2D eigenvalue weighted by Gasteiger charge is -2.08. The highest BCUT2D eigenvalue weighted by Gasteiger charge is 2.14. The number of aromatic nitrogens is 1. The summed E-state index contributed by atoms with van der Waals surface area (Å²) in [4.78, 5) is 25.2. The van der Waals surface area contributed by atoms with Crippen molar-refractivity contribution in [3.05, 3.63) is 59.2 Å². The Balaban J connectivity index is 2.20. The SMILES string of the molecule is O=C(O)c1cc(OCc2ccc(F)cc2)cc(C(=O)O)n1. The van der Waals surface area contributed by atoms with Crippen molar-refractivity contribution in [1.82, 2.24) is 4.98 Å². The average molecular weight is 291 g/mol. The van der Waals surface area contributed by atoms with Gasteiger partial charge in [-0.3, -0.25) is 0 Å². The van der Waals surface area contributed by atoms with Crippen LogP contribution in [0.2, 0.25) is 0 Å². The number of carbonyl (C=O) groups is 2. The van der Waals surface area contributed by atoms with Crippen molar-refractivity contribution in [3.8, 4) is 5.75 Å². The quantitative estimate of drug-likeness (QED) is 0.876. The van der Waals surface area contributed by atoms with Crippen molar-refractivity contribution in [2.24, 2.45) is 0 Å². The van der Waals surface area contributed by atoms with Crippen molar-refractivity contribution in [2.75, 3.05) is 0 Å². The minimum absolute atomic E-state index is 0.0441. The molecule has 1 aromatic heterocycles.